The molecule has 0 radical (unpaired) electrons. The van der Waals surface area contributed by atoms with E-state index in [4.69, 9.17) is 16.4 Å². The van der Waals surface area contributed by atoms with Crippen LogP contribution in [0.1, 0.15) is 19.5 Å². The molecule has 10 N–H and O–H groups in total. The zero-order valence-corrected chi connectivity index (χ0v) is 26.8. The zero-order chi connectivity index (χ0) is 33.4. The van der Waals surface area contributed by atoms with Crippen molar-refractivity contribution in [1.82, 2.24) is 36.2 Å². The van der Waals surface area contributed by atoms with Crippen LogP contribution in [-0.4, -0.2) is 118 Å². The van der Waals surface area contributed by atoms with E-state index in [0.29, 0.717) is 16.6 Å². The Hall–Kier alpha value is -3.93. The minimum Gasteiger partial charge on any atom is -0.481 e. The van der Waals surface area contributed by atoms with E-state index in [9.17, 15) is 34.5 Å². The number of nitrogens with zero attached hydrogens (tertiary/aromatic N) is 6. The van der Waals surface area contributed by atoms with Crippen LogP contribution in [0.25, 0.3) is 0 Å². The van der Waals surface area contributed by atoms with Crippen molar-refractivity contribution in [2.75, 3.05) is 37.1 Å². The number of anilines is 1. The largest absolute Gasteiger partial charge is 0.481 e. The molecule has 19 nitrogen and oxygen atoms in total. The van der Waals surface area contributed by atoms with Crippen LogP contribution in [-0.2, 0) is 24.0 Å². The molecule has 1 aromatic heterocycles. The minimum absolute atomic E-state index is 0.0613. The van der Waals surface area contributed by atoms with Gasteiger partial charge in [-0.2, -0.15) is 0 Å². The molecule has 2 unspecified atom stereocenters. The maximum Gasteiger partial charge on any atom is 0.313 e. The van der Waals surface area contributed by atoms with E-state index in [2.05, 4.69) is 26.0 Å². The zero-order valence-electron chi connectivity index (χ0n) is 24.4. The number of aliphatic carboxylic acids is 1. The number of oxime groups is 1. The molecule has 2 fully saturated rings. The first-order valence-electron chi connectivity index (χ1n) is 13.5. The molecule has 22 heteroatoms. The van der Waals surface area contributed by atoms with Crippen molar-refractivity contribution in [3.63, 3.8) is 0 Å². The molecule has 248 valence electrons. The molecular weight excluding hydrogens is 667 g/mol. The molecular formula is C24H31N11O8S3. The molecule has 3 amide bonds. The number of fused-ring (bicyclic) bond motifs is 2. The number of hydrazine groups is 3. The van der Waals surface area contributed by atoms with Crippen LogP contribution < -0.4 is 27.9 Å². The second kappa shape index (κ2) is 13.1. The van der Waals surface area contributed by atoms with Crippen molar-refractivity contribution in [2.24, 2.45) is 21.4 Å². The van der Waals surface area contributed by atoms with Crippen molar-refractivity contribution in [1.29, 1.82) is 0 Å². The number of amides is 3. The van der Waals surface area contributed by atoms with Crippen LogP contribution in [0.3, 0.4) is 0 Å². The normalized spacial score (nSPS) is 24.3. The number of nitrogen functional groups attached to an aromatic ring is 1. The van der Waals surface area contributed by atoms with Crippen LogP contribution in [0.4, 0.5) is 5.13 Å². The van der Waals surface area contributed by atoms with Crippen LogP contribution >= 0.6 is 34.9 Å². The summed E-state index contributed by atoms with van der Waals surface area (Å²) >= 11 is 3.42. The van der Waals surface area contributed by atoms with Gasteiger partial charge in [-0.25, -0.2) is 20.8 Å². The van der Waals surface area contributed by atoms with Crippen LogP contribution in [0.5, 0.6) is 0 Å². The van der Waals surface area contributed by atoms with E-state index in [1.807, 2.05) is 5.43 Å². The first-order valence-corrected chi connectivity index (χ1v) is 16.4. The fourth-order valence-electron chi connectivity index (χ4n) is 4.61. The number of aliphatic imine (C=N–C) groups is 1. The number of rotatable bonds is 11. The third-order valence-corrected chi connectivity index (χ3v) is 10.7. The molecule has 4 aliphatic heterocycles. The molecule has 0 spiro atoms. The summed E-state index contributed by atoms with van der Waals surface area (Å²) in [6.45, 7) is 1.98. The maximum atomic E-state index is 13.3. The number of thioether (sulfide) groups is 2. The summed E-state index contributed by atoms with van der Waals surface area (Å²) in [5, 5.41) is 40.3. The average Bonchev–Trinajstić information content (AvgIpc) is 3.67. The molecule has 0 aromatic carbocycles. The van der Waals surface area contributed by atoms with Gasteiger partial charge in [-0.1, -0.05) is 5.16 Å². The molecule has 0 aliphatic carbocycles. The highest BCUT2D eigenvalue weighted by atomic mass is 32.2. The predicted molar refractivity (Wildman–Crippen MR) is 168 cm³/mol. The van der Waals surface area contributed by atoms with E-state index >= 15 is 0 Å². The van der Waals surface area contributed by atoms with Crippen LogP contribution in [0.15, 0.2) is 39.3 Å². The highest BCUT2D eigenvalue weighted by Gasteiger charge is 2.57. The number of aromatic nitrogens is 1. The van der Waals surface area contributed by atoms with Crippen molar-refractivity contribution < 1.29 is 39.3 Å². The Morgan fingerprint density at radius 2 is 2.11 bits per heavy atom. The Morgan fingerprint density at radius 3 is 2.74 bits per heavy atom. The number of carbonyl (C=O) groups is 4. The first-order chi connectivity index (χ1) is 21.8. The van der Waals surface area contributed by atoms with Gasteiger partial charge in [-0.05, 0) is 19.9 Å². The lowest BCUT2D eigenvalue weighted by molar-refractivity contribution is -0.157. The lowest BCUT2D eigenvalue weighted by Gasteiger charge is -2.53. The van der Waals surface area contributed by atoms with Crippen LogP contribution in [0, 0.1) is 5.41 Å². The summed E-state index contributed by atoms with van der Waals surface area (Å²) in [5.74, 6) is 2.68. The van der Waals surface area contributed by atoms with E-state index in [-0.39, 0.29) is 47.9 Å². The van der Waals surface area contributed by atoms with Crippen molar-refractivity contribution >= 4 is 74.4 Å². The van der Waals surface area contributed by atoms with E-state index in [0.717, 1.165) is 23.1 Å². The van der Waals surface area contributed by atoms with Crippen molar-refractivity contribution in [3.05, 3.63) is 34.9 Å². The number of carboxylic acid groups (broad SMARTS) is 1. The van der Waals surface area contributed by atoms with Crippen molar-refractivity contribution in [2.45, 2.75) is 30.9 Å². The lowest BCUT2D eigenvalue weighted by Crippen LogP contribution is -2.74. The number of nitrogens with one attached hydrogen (secondary N) is 3. The average molecular weight is 698 g/mol. The monoisotopic (exact) mass is 697 g/mol. The number of carbonyl (C=O) groups excluding carboxylic acids is 3. The molecule has 46 heavy (non-hydrogen) atoms. The standard InChI is InChI=1S/C24H31N11O8S3/c1-23(2,20(40)30-26)43-31-15(12-6-44-22(25)27-12)17(38)29-16-18(39)34-7-24(21(41)42,9-46-19(16)34)8-45-14-3-11(5-36)35-13(28-14)4-33(10-37)32-35/h3-4,6,16,19,32,36-37H,5,7-10,26H2,1-2H3,(H2,25,27)(H,29,38)(H,30,40)(H,41,42)/t16?,19-,24?/m1/s1. The number of aliphatic hydroxyl groups is 2. The molecule has 5 rings (SSSR count). The number of carboxylic acids is 1. The number of thiazole rings is 1. The fraction of sp³-hybridized carbons (Fsp3) is 0.458. The minimum atomic E-state index is -1.55. The molecule has 1 aromatic rings. The summed E-state index contributed by atoms with van der Waals surface area (Å²) in [6.07, 6.45) is 3.14. The Bertz CT molecular complexity index is 1560. The molecule has 0 saturated carbocycles. The number of hydrogen-bond acceptors (Lipinski definition) is 18. The van der Waals surface area contributed by atoms with Gasteiger partial charge in [0, 0.05) is 23.4 Å². The highest BCUT2D eigenvalue weighted by Crippen LogP contribution is 2.44. The third-order valence-electron chi connectivity index (χ3n) is 7.25. The van der Waals surface area contributed by atoms with Crippen molar-refractivity contribution in [3.8, 4) is 0 Å². The lowest BCUT2D eigenvalue weighted by atomic mass is 9.89. The molecule has 3 atom stereocenters. The summed E-state index contributed by atoms with van der Waals surface area (Å²) in [7, 11) is 0. The van der Waals surface area contributed by atoms with Crippen LogP contribution in [0.2, 0.25) is 0 Å². The second-order valence-electron chi connectivity index (χ2n) is 10.9. The second-order valence-corrected chi connectivity index (χ2v) is 13.8. The number of hydrogen-bond donors (Lipinski definition) is 8. The Morgan fingerprint density at radius 1 is 1.35 bits per heavy atom. The van der Waals surface area contributed by atoms with Gasteiger partial charge in [0.05, 0.1) is 18.5 Å². The number of β-lactam (4-membered cyclic amide) rings is 1. The van der Waals surface area contributed by atoms with Gasteiger partial charge in [0.15, 0.2) is 16.7 Å². The van der Waals surface area contributed by atoms with Gasteiger partial charge in [-0.15, -0.1) is 40.4 Å². The maximum absolute atomic E-state index is 13.3. The number of aliphatic hydroxyl groups excluding tert-OH is 2. The summed E-state index contributed by atoms with van der Waals surface area (Å²) in [5.41, 5.74) is 7.81. The topological polar surface area (TPSA) is 274 Å². The van der Waals surface area contributed by atoms with E-state index in [1.165, 1.54) is 52.1 Å². The van der Waals surface area contributed by atoms with Gasteiger partial charge in [0.25, 0.3) is 11.8 Å². The molecule has 4 aliphatic rings. The Kier molecular flexibility index (Phi) is 9.49. The summed E-state index contributed by atoms with van der Waals surface area (Å²) < 4.78 is 0. The third kappa shape index (κ3) is 6.36. The molecule has 5 heterocycles. The SMILES string of the molecule is CC(C)(ON=C(C(=O)NC1C(=O)N2CC(CSC3=NC4=CN(CO)NN4C(CO)=C3)(C(=O)O)CS[C@H]12)c1csc(N)n1)C(=O)NN. The van der Waals surface area contributed by atoms with Gasteiger partial charge >= 0.3 is 5.97 Å². The Balaban J connectivity index is 1.27. The fourth-order valence-corrected chi connectivity index (χ4v) is 7.95. The Labute approximate surface area is 273 Å². The molecule has 2 saturated heterocycles. The quantitative estimate of drug-likeness (QED) is 0.0390. The number of nitrogens with two attached hydrogens (primary N) is 2. The van der Waals surface area contributed by atoms with Gasteiger partial charge < -0.3 is 36.1 Å². The van der Waals surface area contributed by atoms with E-state index < -0.39 is 46.1 Å². The predicted octanol–water partition coefficient (Wildman–Crippen LogP) is -2.51. The molecule has 0 bridgehead atoms. The summed E-state index contributed by atoms with van der Waals surface area (Å²) in [6, 6.07) is -0.987. The van der Waals surface area contributed by atoms with Gasteiger partial charge in [0.2, 0.25) is 11.5 Å². The van der Waals surface area contributed by atoms with Gasteiger partial charge in [-0.3, -0.25) is 29.6 Å². The highest BCUT2D eigenvalue weighted by molar-refractivity contribution is 8.14. The first kappa shape index (κ1) is 33.4. The van der Waals surface area contributed by atoms with E-state index in [1.54, 1.807) is 6.08 Å². The van der Waals surface area contributed by atoms with Gasteiger partial charge in [0.1, 0.15) is 34.3 Å². The smallest absolute Gasteiger partial charge is 0.313 e. The summed E-state index contributed by atoms with van der Waals surface area (Å²) in [4.78, 5) is 66.5.